The minimum atomic E-state index is 0.362. The summed E-state index contributed by atoms with van der Waals surface area (Å²) in [7, 11) is 0. The Hall–Kier alpha value is -2.43. The summed E-state index contributed by atoms with van der Waals surface area (Å²) in [4.78, 5) is 4.33. The molecular weight excluding hydrogens is 230 g/mol. The highest BCUT2D eigenvalue weighted by molar-refractivity contribution is 5.51. The highest BCUT2D eigenvalue weighted by Gasteiger charge is 2.13. The van der Waals surface area contributed by atoms with Gasteiger partial charge in [-0.3, -0.25) is 0 Å². The largest absolute Gasteiger partial charge is 0.456 e. The molecule has 0 radical (unpaired) electrons. The van der Waals surface area contributed by atoms with Crippen molar-refractivity contribution in [2.45, 2.75) is 13.8 Å². The normalized spacial score (nSPS) is 10.8. The van der Waals surface area contributed by atoms with Crippen LogP contribution in [0.4, 0.5) is 0 Å². The van der Waals surface area contributed by atoms with E-state index < -0.39 is 0 Å². The van der Waals surface area contributed by atoms with Crippen molar-refractivity contribution in [3.8, 4) is 23.2 Å². The number of furan rings is 1. The lowest BCUT2D eigenvalue weighted by Gasteiger charge is -1.94. The van der Waals surface area contributed by atoms with E-state index in [-0.39, 0.29) is 0 Å². The molecule has 0 unspecified atom stereocenters. The average Bonchev–Trinajstić information content (AvgIpc) is 2.97. The monoisotopic (exact) mass is 241 g/mol. The summed E-state index contributed by atoms with van der Waals surface area (Å²) >= 11 is 0. The van der Waals surface area contributed by atoms with Crippen molar-refractivity contribution in [2.75, 3.05) is 0 Å². The van der Waals surface area contributed by atoms with Crippen LogP contribution in [0.1, 0.15) is 11.5 Å². The van der Waals surface area contributed by atoms with Crippen molar-refractivity contribution in [2.24, 2.45) is 0 Å². The van der Waals surface area contributed by atoms with E-state index in [0.29, 0.717) is 23.2 Å². The molecule has 5 nitrogen and oxygen atoms in total. The summed E-state index contributed by atoms with van der Waals surface area (Å²) in [5.41, 5.74) is 1.57. The van der Waals surface area contributed by atoms with E-state index in [1.807, 2.05) is 38.1 Å². The lowest BCUT2D eigenvalue weighted by Crippen LogP contribution is -1.85. The first-order chi connectivity index (χ1) is 8.72. The summed E-state index contributed by atoms with van der Waals surface area (Å²) in [6.07, 6.45) is 0. The minimum Gasteiger partial charge on any atom is -0.456 e. The summed E-state index contributed by atoms with van der Waals surface area (Å²) in [5, 5.41) is 7.93. The van der Waals surface area contributed by atoms with Gasteiger partial charge in [0.25, 0.3) is 11.8 Å². The Balaban J connectivity index is 1.99. The Labute approximate surface area is 103 Å². The van der Waals surface area contributed by atoms with E-state index in [2.05, 4.69) is 15.2 Å². The maximum atomic E-state index is 5.55. The molecule has 18 heavy (non-hydrogen) atoms. The van der Waals surface area contributed by atoms with E-state index in [9.17, 15) is 0 Å². The van der Waals surface area contributed by atoms with Crippen molar-refractivity contribution in [3.05, 3.63) is 41.8 Å². The van der Waals surface area contributed by atoms with Gasteiger partial charge in [-0.1, -0.05) is 6.07 Å². The fraction of sp³-hybridized carbons (Fsp3) is 0.154. The van der Waals surface area contributed by atoms with E-state index in [1.54, 1.807) is 6.07 Å². The summed E-state index contributed by atoms with van der Waals surface area (Å²) < 4.78 is 11.0. The van der Waals surface area contributed by atoms with Crippen molar-refractivity contribution < 1.29 is 8.83 Å². The van der Waals surface area contributed by atoms with Crippen LogP contribution in [0.5, 0.6) is 0 Å². The van der Waals surface area contributed by atoms with Crippen LogP contribution >= 0.6 is 0 Å². The number of aryl methyl sites for hydroxylation is 2. The van der Waals surface area contributed by atoms with Crippen LogP contribution in [-0.2, 0) is 0 Å². The molecule has 0 saturated heterocycles. The maximum absolute atomic E-state index is 5.55. The van der Waals surface area contributed by atoms with Crippen LogP contribution in [0.2, 0.25) is 0 Å². The van der Waals surface area contributed by atoms with Gasteiger partial charge in [-0.05, 0) is 38.1 Å². The first-order valence-electron chi connectivity index (χ1n) is 5.57. The second-order valence-corrected chi connectivity index (χ2v) is 3.99. The van der Waals surface area contributed by atoms with Crippen molar-refractivity contribution >= 4 is 0 Å². The molecule has 0 aliphatic rings. The Bertz CT molecular complexity index is 685. The molecule has 0 aromatic carbocycles. The highest BCUT2D eigenvalue weighted by Crippen LogP contribution is 2.24. The second kappa shape index (κ2) is 4.10. The lowest BCUT2D eigenvalue weighted by atomic mass is 10.3. The Morgan fingerprint density at radius 3 is 2.44 bits per heavy atom. The molecule has 3 aromatic rings. The third kappa shape index (κ3) is 1.90. The molecule has 5 heteroatoms. The molecule has 90 valence electrons. The zero-order chi connectivity index (χ0) is 12.5. The van der Waals surface area contributed by atoms with Gasteiger partial charge in [0.2, 0.25) is 0 Å². The van der Waals surface area contributed by atoms with Gasteiger partial charge in [-0.25, -0.2) is 4.98 Å². The molecule has 0 bridgehead atoms. The zero-order valence-corrected chi connectivity index (χ0v) is 10.0. The number of rotatable bonds is 2. The molecule has 3 heterocycles. The van der Waals surface area contributed by atoms with Crippen LogP contribution in [0.3, 0.4) is 0 Å². The molecule has 0 aliphatic heterocycles. The quantitative estimate of drug-likeness (QED) is 0.690. The van der Waals surface area contributed by atoms with Crippen LogP contribution in [-0.4, -0.2) is 15.2 Å². The van der Waals surface area contributed by atoms with E-state index in [0.717, 1.165) is 11.5 Å². The van der Waals surface area contributed by atoms with Crippen LogP contribution < -0.4 is 0 Å². The van der Waals surface area contributed by atoms with Gasteiger partial charge >= 0.3 is 0 Å². The first-order valence-corrected chi connectivity index (χ1v) is 5.57. The van der Waals surface area contributed by atoms with E-state index in [1.165, 1.54) is 0 Å². The number of hydrogen-bond donors (Lipinski definition) is 0. The third-order valence-electron chi connectivity index (χ3n) is 2.48. The van der Waals surface area contributed by atoms with Crippen molar-refractivity contribution in [1.29, 1.82) is 0 Å². The molecule has 0 amide bonds. The Morgan fingerprint density at radius 2 is 1.72 bits per heavy atom. The van der Waals surface area contributed by atoms with Gasteiger partial charge in [0.15, 0.2) is 5.76 Å². The van der Waals surface area contributed by atoms with Gasteiger partial charge in [-0.2, -0.15) is 0 Å². The van der Waals surface area contributed by atoms with Gasteiger partial charge in [0.05, 0.1) is 0 Å². The fourth-order valence-electron chi connectivity index (χ4n) is 1.64. The predicted octanol–water partition coefficient (Wildman–Crippen LogP) is 3.01. The molecule has 0 fully saturated rings. The highest BCUT2D eigenvalue weighted by atomic mass is 16.4. The summed E-state index contributed by atoms with van der Waals surface area (Å²) in [6.45, 7) is 3.78. The maximum Gasteiger partial charge on any atom is 0.283 e. The molecule has 0 spiro atoms. The second-order valence-electron chi connectivity index (χ2n) is 3.99. The average molecular weight is 241 g/mol. The van der Waals surface area contributed by atoms with Crippen molar-refractivity contribution in [1.82, 2.24) is 15.2 Å². The van der Waals surface area contributed by atoms with Crippen molar-refractivity contribution in [3.63, 3.8) is 0 Å². The minimum absolute atomic E-state index is 0.362. The first kappa shape index (κ1) is 10.7. The number of pyridine rings is 1. The SMILES string of the molecule is Cc1cccc(-c2nnc(-c3ccc(C)o3)o2)n1. The number of nitrogens with zero attached hydrogens (tertiary/aromatic N) is 3. The van der Waals surface area contributed by atoms with Gasteiger partial charge in [0.1, 0.15) is 11.5 Å². The summed E-state index contributed by atoms with van der Waals surface area (Å²) in [6, 6.07) is 9.30. The van der Waals surface area contributed by atoms with Crippen LogP contribution in [0, 0.1) is 13.8 Å². The van der Waals surface area contributed by atoms with Gasteiger partial charge < -0.3 is 8.83 Å². The Morgan fingerprint density at radius 1 is 0.889 bits per heavy atom. The molecule has 3 rings (SSSR count). The zero-order valence-electron chi connectivity index (χ0n) is 10.0. The number of aromatic nitrogens is 3. The molecular formula is C13H11N3O2. The van der Waals surface area contributed by atoms with Gasteiger partial charge in [-0.15, -0.1) is 10.2 Å². The van der Waals surface area contributed by atoms with Crippen LogP contribution in [0.25, 0.3) is 23.2 Å². The third-order valence-corrected chi connectivity index (χ3v) is 2.48. The molecule has 0 N–H and O–H groups in total. The van der Waals surface area contributed by atoms with Crippen LogP contribution in [0.15, 0.2) is 39.2 Å². The predicted molar refractivity (Wildman–Crippen MR) is 64.7 cm³/mol. The summed E-state index contributed by atoms with van der Waals surface area (Å²) in [5.74, 6) is 2.13. The van der Waals surface area contributed by atoms with E-state index >= 15 is 0 Å². The molecule has 0 aliphatic carbocycles. The molecule has 0 atom stereocenters. The molecule has 3 aromatic heterocycles. The van der Waals surface area contributed by atoms with E-state index in [4.69, 9.17) is 8.83 Å². The number of hydrogen-bond acceptors (Lipinski definition) is 5. The Kier molecular flexibility index (Phi) is 2.44. The van der Waals surface area contributed by atoms with Gasteiger partial charge in [0, 0.05) is 5.69 Å². The topological polar surface area (TPSA) is 65.0 Å². The smallest absolute Gasteiger partial charge is 0.283 e. The standard InChI is InChI=1S/C13H11N3O2/c1-8-4-3-5-10(14-8)12-15-16-13(18-12)11-7-6-9(2)17-11/h3-7H,1-2H3. The molecule has 0 saturated carbocycles. The fourth-order valence-corrected chi connectivity index (χ4v) is 1.64. The lowest BCUT2D eigenvalue weighted by molar-refractivity contribution is 0.505.